The molecule has 1 aromatic carbocycles. The molecule has 1 aliphatic carbocycles. The molecule has 1 unspecified atom stereocenters. The minimum Gasteiger partial charge on any atom is -1.00 e. The van der Waals surface area contributed by atoms with Crippen LogP contribution in [0.2, 0.25) is 6.04 Å². The third-order valence-electron chi connectivity index (χ3n) is 6.46. The standard InChI is InChI=1S/C23H35Si.3ClH.Ti/c1-8-10-11-15-24(22-14-12-13-21(22)9-2)23-19(6)17(4)16(3)18(5)20(23)7;;;;/h13,24H,8-12,15H2,1-7H3;3*1H;/q;;;;+3/p-3. The van der Waals surface area contributed by atoms with Crippen molar-refractivity contribution in [2.75, 3.05) is 0 Å². The monoisotopic (exact) mass is 492 g/mol. The molecule has 1 aromatic rings. The molecule has 0 bridgehead atoms. The van der Waals surface area contributed by atoms with Gasteiger partial charge in [0.2, 0.25) is 0 Å². The van der Waals surface area contributed by atoms with Crippen molar-refractivity contribution in [1.29, 1.82) is 0 Å². The molecule has 0 nitrogen and oxygen atoms in total. The zero-order valence-electron chi connectivity index (χ0n) is 18.5. The summed E-state index contributed by atoms with van der Waals surface area (Å²) < 4.78 is 1.67. The molecule has 0 amide bonds. The quantitative estimate of drug-likeness (QED) is 0.280. The molecule has 0 saturated carbocycles. The smallest absolute Gasteiger partial charge is 1.00 e. The number of rotatable bonds is 7. The zero-order chi connectivity index (χ0) is 18.7. The maximum absolute atomic E-state index is 2.52. The van der Waals surface area contributed by atoms with Crippen molar-refractivity contribution >= 4 is 14.0 Å². The van der Waals surface area contributed by atoms with Crippen molar-refractivity contribution in [3.63, 3.8) is 0 Å². The van der Waals surface area contributed by atoms with Crippen molar-refractivity contribution in [2.24, 2.45) is 0 Å². The van der Waals surface area contributed by atoms with Crippen LogP contribution >= 0.6 is 0 Å². The van der Waals surface area contributed by atoms with Gasteiger partial charge in [0, 0.05) is 0 Å². The van der Waals surface area contributed by atoms with Gasteiger partial charge in [0.15, 0.2) is 0 Å². The van der Waals surface area contributed by atoms with Crippen molar-refractivity contribution in [1.82, 2.24) is 0 Å². The Hall–Kier alpha value is 0.501. The molecule has 2 rings (SSSR count). The van der Waals surface area contributed by atoms with Gasteiger partial charge < -0.3 is 37.2 Å². The second-order valence-corrected chi connectivity index (χ2v) is 11.5. The Kier molecular flexibility index (Phi) is 15.1. The second-order valence-electron chi connectivity index (χ2n) is 7.77. The number of allylic oxidation sites excluding steroid dienone is 4. The number of benzene rings is 1. The molecule has 0 heterocycles. The minimum atomic E-state index is -1.15. The van der Waals surface area contributed by atoms with E-state index in [0.717, 1.165) is 0 Å². The summed E-state index contributed by atoms with van der Waals surface area (Å²) >= 11 is 2.40. The van der Waals surface area contributed by atoms with Gasteiger partial charge in [0.25, 0.3) is 0 Å². The first-order chi connectivity index (χ1) is 11.8. The summed E-state index contributed by atoms with van der Waals surface area (Å²) in [5.74, 6) is 0. The van der Waals surface area contributed by atoms with Crippen LogP contribution in [0.1, 0.15) is 73.8 Å². The molecular weight excluding hydrogens is 459 g/mol. The third kappa shape index (κ3) is 6.25. The van der Waals surface area contributed by atoms with E-state index >= 15 is 0 Å². The van der Waals surface area contributed by atoms with Gasteiger partial charge in [-0.1, -0.05) is 0 Å². The number of halogens is 3. The summed E-state index contributed by atoms with van der Waals surface area (Å²) in [7, 11) is -1.15. The Morgan fingerprint density at radius 1 is 0.821 bits per heavy atom. The molecule has 1 atom stereocenters. The van der Waals surface area contributed by atoms with Gasteiger partial charge in [-0.25, -0.2) is 0 Å². The first kappa shape index (κ1) is 30.7. The van der Waals surface area contributed by atoms with E-state index in [2.05, 4.69) is 75.0 Å². The first-order valence-corrected chi connectivity index (χ1v) is 12.8. The van der Waals surface area contributed by atoms with Crippen LogP contribution in [0.15, 0.2) is 20.7 Å². The first-order valence-electron chi connectivity index (χ1n) is 10.1. The van der Waals surface area contributed by atoms with E-state index in [1.165, 1.54) is 54.8 Å². The van der Waals surface area contributed by atoms with Gasteiger partial charge in [-0.3, -0.25) is 0 Å². The Bertz CT molecular complexity index is 694. The molecule has 0 fully saturated rings. The zero-order valence-corrected chi connectivity index (χ0v) is 23.5. The molecule has 5 heteroatoms. The van der Waals surface area contributed by atoms with E-state index in [1.54, 1.807) is 25.8 Å². The average molecular weight is 494 g/mol. The Morgan fingerprint density at radius 2 is 1.32 bits per heavy atom. The van der Waals surface area contributed by atoms with Crippen LogP contribution in [0.25, 0.3) is 0 Å². The van der Waals surface area contributed by atoms with Crippen LogP contribution in [-0.2, 0) is 20.4 Å². The Labute approximate surface area is 205 Å². The summed E-state index contributed by atoms with van der Waals surface area (Å²) in [6.07, 6.45) is 9.00. The van der Waals surface area contributed by atoms with Gasteiger partial charge in [-0.2, -0.15) is 0 Å². The van der Waals surface area contributed by atoms with Crippen LogP contribution in [0.4, 0.5) is 0 Å². The largest absolute Gasteiger partial charge is 1.00 e. The molecule has 156 valence electrons. The molecular formula is C23H35Cl3SiTi. The number of hydrogen-bond acceptors (Lipinski definition) is 0. The van der Waals surface area contributed by atoms with Gasteiger partial charge in [0.1, 0.15) is 0 Å². The van der Waals surface area contributed by atoms with E-state index in [1.807, 2.05) is 5.20 Å². The minimum absolute atomic E-state index is 0. The maximum atomic E-state index is 2.52. The fourth-order valence-electron chi connectivity index (χ4n) is 4.49. The number of unbranched alkanes of at least 4 members (excludes halogenated alkanes) is 2. The summed E-state index contributed by atoms with van der Waals surface area (Å²) in [5, 5.41) is 3.58. The van der Waals surface area contributed by atoms with E-state index in [-0.39, 0.29) is 37.2 Å². The summed E-state index contributed by atoms with van der Waals surface area (Å²) in [6, 6.07) is 1.43. The summed E-state index contributed by atoms with van der Waals surface area (Å²) in [4.78, 5) is 0. The van der Waals surface area contributed by atoms with Crippen molar-refractivity contribution in [3.8, 4) is 0 Å². The Balaban J connectivity index is 0. The summed E-state index contributed by atoms with van der Waals surface area (Å²) in [6.45, 7) is 16.4. The van der Waals surface area contributed by atoms with E-state index < -0.39 is 8.80 Å². The fourth-order valence-corrected chi connectivity index (χ4v) is 10.1. The van der Waals surface area contributed by atoms with Gasteiger partial charge >= 0.3 is 170 Å². The topological polar surface area (TPSA) is 0 Å². The molecule has 28 heavy (non-hydrogen) atoms. The van der Waals surface area contributed by atoms with E-state index in [0.29, 0.717) is 0 Å². The average Bonchev–Trinajstić information content (AvgIpc) is 2.97. The van der Waals surface area contributed by atoms with Crippen LogP contribution in [0, 0.1) is 34.6 Å². The van der Waals surface area contributed by atoms with Crippen molar-refractivity contribution in [2.45, 2.75) is 86.6 Å². The second kappa shape index (κ2) is 13.7. The maximum Gasteiger partial charge on any atom is -1.00 e. The molecule has 0 spiro atoms. The van der Waals surface area contributed by atoms with Gasteiger partial charge in [-0.15, -0.1) is 0 Å². The van der Waals surface area contributed by atoms with Crippen molar-refractivity contribution < 1.29 is 57.7 Å². The van der Waals surface area contributed by atoms with Gasteiger partial charge in [0.05, 0.1) is 0 Å². The molecule has 0 aromatic heterocycles. The predicted octanol–water partition coefficient (Wildman–Crippen LogP) is -3.05. The molecule has 0 saturated heterocycles. The van der Waals surface area contributed by atoms with E-state index in [4.69, 9.17) is 0 Å². The SMILES string of the molecule is CCCCC[SiH](C1=[C]([Ti+3])CC=C1CC)c1c(C)c(C)c(C)c(C)c1C.[Cl-].[Cl-].[Cl-]. The molecule has 0 aliphatic heterocycles. The molecule has 1 aliphatic rings. The predicted molar refractivity (Wildman–Crippen MR) is 111 cm³/mol. The van der Waals surface area contributed by atoms with Crippen LogP contribution in [0.3, 0.4) is 0 Å². The Morgan fingerprint density at radius 3 is 1.79 bits per heavy atom. The van der Waals surface area contributed by atoms with Crippen LogP contribution in [-0.4, -0.2) is 8.80 Å². The number of hydrogen-bond donors (Lipinski definition) is 0. The molecule has 0 radical (unpaired) electrons. The van der Waals surface area contributed by atoms with Gasteiger partial charge in [-0.05, 0) is 0 Å². The summed E-state index contributed by atoms with van der Waals surface area (Å²) in [5.41, 5.74) is 9.42. The molecule has 0 N–H and O–H groups in total. The van der Waals surface area contributed by atoms with Crippen LogP contribution < -0.4 is 42.4 Å². The normalized spacial score (nSPS) is 14.1. The van der Waals surface area contributed by atoms with Crippen molar-refractivity contribution in [3.05, 3.63) is 48.5 Å². The van der Waals surface area contributed by atoms with Crippen LogP contribution in [0.5, 0.6) is 0 Å². The van der Waals surface area contributed by atoms with E-state index in [9.17, 15) is 0 Å². The third-order valence-corrected chi connectivity index (χ3v) is 11.6. The fraction of sp³-hybridized carbons (Fsp3) is 0.565.